The standard InChI is InChI=1S/C16H30N4O6/c1-5-7(3)11(15(23)24)19-13(21)9(17)10(18)14(22)20-12(16(25)26)8(4)6-2/h7-12H,5-6,17-18H2,1-4H3,(H,19,21)(H,20,22)(H,23,24)(H,25,26)/t7?,8?,9-,10-,11-,12-/m0/s1. The quantitative estimate of drug-likeness (QED) is 0.262. The summed E-state index contributed by atoms with van der Waals surface area (Å²) in [5, 5.41) is 22.9. The van der Waals surface area contributed by atoms with Crippen molar-refractivity contribution in [2.75, 3.05) is 0 Å². The molecule has 0 heterocycles. The van der Waals surface area contributed by atoms with Gasteiger partial charge in [0.15, 0.2) is 0 Å². The fourth-order valence-electron chi connectivity index (χ4n) is 2.19. The number of hydrogen-bond donors (Lipinski definition) is 6. The number of rotatable bonds is 11. The molecular weight excluding hydrogens is 344 g/mol. The highest BCUT2D eigenvalue weighted by Gasteiger charge is 2.34. The molecule has 10 heteroatoms. The van der Waals surface area contributed by atoms with E-state index < -0.39 is 47.9 Å². The van der Waals surface area contributed by atoms with Crippen LogP contribution in [0.4, 0.5) is 0 Å². The van der Waals surface area contributed by atoms with E-state index in [4.69, 9.17) is 11.5 Å². The summed E-state index contributed by atoms with van der Waals surface area (Å²) in [7, 11) is 0. The van der Waals surface area contributed by atoms with E-state index in [1.54, 1.807) is 27.7 Å². The molecule has 0 aromatic rings. The summed E-state index contributed by atoms with van der Waals surface area (Å²) in [5.74, 6) is -4.93. The van der Waals surface area contributed by atoms with Crippen LogP contribution in [0, 0.1) is 11.8 Å². The van der Waals surface area contributed by atoms with Gasteiger partial charge in [0.1, 0.15) is 24.2 Å². The Bertz CT molecular complexity index is 481. The van der Waals surface area contributed by atoms with Crippen LogP contribution in [0.1, 0.15) is 40.5 Å². The first-order chi connectivity index (χ1) is 12.0. The molecule has 8 N–H and O–H groups in total. The van der Waals surface area contributed by atoms with Gasteiger partial charge < -0.3 is 32.3 Å². The molecule has 6 atom stereocenters. The minimum absolute atomic E-state index is 0.351. The van der Waals surface area contributed by atoms with Crippen molar-refractivity contribution in [1.29, 1.82) is 0 Å². The SMILES string of the molecule is CCC(C)[C@H](NC(=O)[C@@H](N)[C@H](N)C(=O)N[C@H](C(=O)O)C(C)CC)C(=O)O. The Labute approximate surface area is 152 Å². The fourth-order valence-corrected chi connectivity index (χ4v) is 2.19. The van der Waals surface area contributed by atoms with Crippen LogP contribution in [-0.2, 0) is 19.2 Å². The van der Waals surface area contributed by atoms with E-state index in [1.807, 2.05) is 0 Å². The molecule has 0 bridgehead atoms. The molecule has 0 fully saturated rings. The van der Waals surface area contributed by atoms with Gasteiger partial charge in [0.2, 0.25) is 11.8 Å². The zero-order chi connectivity index (χ0) is 20.6. The van der Waals surface area contributed by atoms with Crippen molar-refractivity contribution in [3.63, 3.8) is 0 Å². The first-order valence-electron chi connectivity index (χ1n) is 8.55. The van der Waals surface area contributed by atoms with Crippen LogP contribution in [0.3, 0.4) is 0 Å². The Morgan fingerprint density at radius 1 is 0.769 bits per heavy atom. The van der Waals surface area contributed by atoms with Gasteiger partial charge in [-0.3, -0.25) is 9.59 Å². The van der Waals surface area contributed by atoms with Crippen LogP contribution in [0.2, 0.25) is 0 Å². The van der Waals surface area contributed by atoms with Gasteiger partial charge in [-0.05, 0) is 11.8 Å². The summed E-state index contributed by atoms with van der Waals surface area (Å²) in [5.41, 5.74) is 11.3. The lowest BCUT2D eigenvalue weighted by atomic mass is 9.97. The summed E-state index contributed by atoms with van der Waals surface area (Å²) in [6.45, 7) is 6.85. The molecule has 0 aliphatic heterocycles. The predicted octanol–water partition coefficient (Wildman–Crippen LogP) is -1.13. The number of aliphatic carboxylic acids is 2. The smallest absolute Gasteiger partial charge is 0.326 e. The van der Waals surface area contributed by atoms with E-state index >= 15 is 0 Å². The highest BCUT2D eigenvalue weighted by atomic mass is 16.4. The van der Waals surface area contributed by atoms with E-state index in [-0.39, 0.29) is 11.8 Å². The van der Waals surface area contributed by atoms with Gasteiger partial charge in [-0.15, -0.1) is 0 Å². The number of nitrogens with two attached hydrogens (primary N) is 2. The van der Waals surface area contributed by atoms with Gasteiger partial charge in [-0.2, -0.15) is 0 Å². The average Bonchev–Trinajstić information content (AvgIpc) is 2.60. The number of carboxylic acid groups (broad SMARTS) is 2. The zero-order valence-corrected chi connectivity index (χ0v) is 15.6. The molecule has 0 aliphatic rings. The predicted molar refractivity (Wildman–Crippen MR) is 94.0 cm³/mol. The summed E-state index contributed by atoms with van der Waals surface area (Å²) >= 11 is 0. The Hall–Kier alpha value is -2.20. The van der Waals surface area contributed by atoms with Crippen LogP contribution in [0.25, 0.3) is 0 Å². The Kier molecular flexibility index (Phi) is 9.81. The average molecular weight is 374 g/mol. The third kappa shape index (κ3) is 6.60. The van der Waals surface area contributed by atoms with E-state index in [0.29, 0.717) is 12.8 Å². The van der Waals surface area contributed by atoms with E-state index in [2.05, 4.69) is 10.6 Å². The number of carboxylic acids is 2. The van der Waals surface area contributed by atoms with Gasteiger partial charge in [0.05, 0.1) is 0 Å². The number of nitrogens with one attached hydrogen (secondary N) is 2. The topological polar surface area (TPSA) is 185 Å². The minimum atomic E-state index is -1.52. The second-order valence-corrected chi connectivity index (χ2v) is 6.47. The van der Waals surface area contributed by atoms with Crippen molar-refractivity contribution in [1.82, 2.24) is 10.6 Å². The monoisotopic (exact) mass is 374 g/mol. The second kappa shape index (κ2) is 10.7. The van der Waals surface area contributed by atoms with Crippen molar-refractivity contribution in [3.8, 4) is 0 Å². The van der Waals surface area contributed by atoms with Crippen molar-refractivity contribution in [3.05, 3.63) is 0 Å². The Balaban J connectivity index is 5.03. The summed E-state index contributed by atoms with van der Waals surface area (Å²) < 4.78 is 0. The number of carbonyl (C=O) groups excluding carboxylic acids is 2. The Morgan fingerprint density at radius 2 is 1.04 bits per heavy atom. The van der Waals surface area contributed by atoms with Gasteiger partial charge >= 0.3 is 11.9 Å². The molecule has 0 saturated carbocycles. The molecule has 0 rings (SSSR count). The number of carbonyl (C=O) groups is 4. The lowest BCUT2D eigenvalue weighted by Gasteiger charge is -2.26. The molecule has 0 aromatic heterocycles. The van der Waals surface area contributed by atoms with E-state index in [9.17, 15) is 29.4 Å². The molecule has 150 valence electrons. The first-order valence-corrected chi connectivity index (χ1v) is 8.55. The van der Waals surface area contributed by atoms with Crippen LogP contribution in [-0.4, -0.2) is 58.1 Å². The van der Waals surface area contributed by atoms with Crippen molar-refractivity contribution >= 4 is 23.8 Å². The normalized spacial score (nSPS) is 17.9. The lowest BCUT2D eigenvalue weighted by Crippen LogP contribution is -2.62. The maximum atomic E-state index is 12.2. The van der Waals surface area contributed by atoms with Crippen LogP contribution >= 0.6 is 0 Å². The highest BCUT2D eigenvalue weighted by molar-refractivity contribution is 5.95. The highest BCUT2D eigenvalue weighted by Crippen LogP contribution is 2.10. The van der Waals surface area contributed by atoms with Crippen LogP contribution < -0.4 is 22.1 Å². The fraction of sp³-hybridized carbons (Fsp3) is 0.750. The van der Waals surface area contributed by atoms with Gasteiger partial charge in [-0.1, -0.05) is 40.5 Å². The zero-order valence-electron chi connectivity index (χ0n) is 15.6. The Morgan fingerprint density at radius 3 is 1.23 bits per heavy atom. The van der Waals surface area contributed by atoms with Gasteiger partial charge in [0, 0.05) is 0 Å². The maximum absolute atomic E-state index is 12.2. The molecule has 0 spiro atoms. The molecule has 0 radical (unpaired) electrons. The second-order valence-electron chi connectivity index (χ2n) is 6.47. The minimum Gasteiger partial charge on any atom is -0.480 e. The number of amides is 2. The first kappa shape index (κ1) is 23.8. The third-order valence-electron chi connectivity index (χ3n) is 4.55. The van der Waals surface area contributed by atoms with Crippen molar-refractivity contribution in [2.24, 2.45) is 23.3 Å². The summed E-state index contributed by atoms with van der Waals surface area (Å²) in [4.78, 5) is 46.8. The van der Waals surface area contributed by atoms with Crippen LogP contribution in [0.5, 0.6) is 0 Å². The molecule has 0 aliphatic carbocycles. The van der Waals surface area contributed by atoms with Gasteiger partial charge in [0.25, 0.3) is 0 Å². The molecule has 2 amide bonds. The summed E-state index contributed by atoms with van der Waals surface area (Å²) in [6.07, 6.45) is 1.02. The van der Waals surface area contributed by atoms with E-state index in [1.165, 1.54) is 0 Å². The van der Waals surface area contributed by atoms with E-state index in [0.717, 1.165) is 0 Å². The third-order valence-corrected chi connectivity index (χ3v) is 4.55. The van der Waals surface area contributed by atoms with Crippen molar-refractivity contribution < 1.29 is 29.4 Å². The summed E-state index contributed by atoms with van der Waals surface area (Å²) in [6, 6.07) is -5.37. The van der Waals surface area contributed by atoms with Crippen molar-refractivity contribution in [2.45, 2.75) is 64.7 Å². The molecule has 0 aromatic carbocycles. The largest absolute Gasteiger partial charge is 0.480 e. The molecule has 10 nitrogen and oxygen atoms in total. The van der Waals surface area contributed by atoms with Crippen LogP contribution in [0.15, 0.2) is 0 Å². The van der Waals surface area contributed by atoms with Gasteiger partial charge in [-0.25, -0.2) is 9.59 Å². The number of hydrogen-bond acceptors (Lipinski definition) is 6. The lowest BCUT2D eigenvalue weighted by molar-refractivity contribution is -0.145. The maximum Gasteiger partial charge on any atom is 0.326 e. The molecule has 0 saturated heterocycles. The molecule has 2 unspecified atom stereocenters. The molecule has 26 heavy (non-hydrogen) atoms. The molecular formula is C16H30N4O6.